The summed E-state index contributed by atoms with van der Waals surface area (Å²) in [4.78, 5) is 24.0. The maximum Gasteiger partial charge on any atom is 0.318 e. The Morgan fingerprint density at radius 2 is 2.11 bits per heavy atom. The predicted molar refractivity (Wildman–Crippen MR) is 69.3 cm³/mol. The topological polar surface area (TPSA) is 84.7 Å². The number of carbonyl (C=O) groups excluding carboxylic acids is 2. The molecule has 1 aromatic carbocycles. The first-order chi connectivity index (χ1) is 9.15. The molecule has 1 aromatic rings. The first-order valence-corrected chi connectivity index (χ1v) is 6.13. The molecule has 6 nitrogen and oxygen atoms in total. The lowest BCUT2D eigenvalue weighted by molar-refractivity contribution is -0.123. The number of nitrogens with two attached hydrogens (primary N) is 1. The summed E-state index contributed by atoms with van der Waals surface area (Å²) in [5.41, 5.74) is 5.99. The SMILES string of the molecule is NC(=O)NC(=O)CN1CCO[C@H](c2ccccc2)C1. The minimum absolute atomic E-state index is 0.0451. The zero-order valence-electron chi connectivity index (χ0n) is 10.5. The summed E-state index contributed by atoms with van der Waals surface area (Å²) in [6.45, 7) is 1.99. The van der Waals surface area contributed by atoms with E-state index in [1.54, 1.807) is 0 Å². The van der Waals surface area contributed by atoms with E-state index < -0.39 is 6.03 Å². The summed E-state index contributed by atoms with van der Waals surface area (Å²) < 4.78 is 5.69. The zero-order chi connectivity index (χ0) is 13.7. The van der Waals surface area contributed by atoms with Gasteiger partial charge in [0.1, 0.15) is 0 Å². The van der Waals surface area contributed by atoms with Crippen LogP contribution in [0.25, 0.3) is 0 Å². The summed E-state index contributed by atoms with van der Waals surface area (Å²) in [5.74, 6) is -0.388. The maximum absolute atomic E-state index is 11.5. The molecule has 1 atom stereocenters. The Morgan fingerprint density at radius 3 is 2.79 bits per heavy atom. The third-order valence-electron chi connectivity index (χ3n) is 2.95. The second-order valence-corrected chi connectivity index (χ2v) is 4.42. The van der Waals surface area contributed by atoms with E-state index in [9.17, 15) is 9.59 Å². The van der Waals surface area contributed by atoms with Crippen molar-refractivity contribution in [1.82, 2.24) is 10.2 Å². The molecule has 102 valence electrons. The monoisotopic (exact) mass is 263 g/mol. The smallest absolute Gasteiger partial charge is 0.318 e. The predicted octanol–water partition coefficient (Wildman–Crippen LogP) is 0.255. The Bertz CT molecular complexity index is 450. The van der Waals surface area contributed by atoms with Crippen LogP contribution in [0.5, 0.6) is 0 Å². The molecular weight excluding hydrogens is 246 g/mol. The number of hydrogen-bond acceptors (Lipinski definition) is 4. The number of nitrogens with zero attached hydrogens (tertiary/aromatic N) is 1. The van der Waals surface area contributed by atoms with Crippen LogP contribution in [0.4, 0.5) is 4.79 Å². The van der Waals surface area contributed by atoms with E-state index in [0.717, 1.165) is 5.56 Å². The highest BCUT2D eigenvalue weighted by Crippen LogP contribution is 2.21. The minimum atomic E-state index is -0.821. The maximum atomic E-state index is 11.5. The van der Waals surface area contributed by atoms with Gasteiger partial charge in [-0.1, -0.05) is 30.3 Å². The van der Waals surface area contributed by atoms with Gasteiger partial charge in [0.25, 0.3) is 0 Å². The Balaban J connectivity index is 1.90. The molecule has 1 fully saturated rings. The molecule has 0 saturated carbocycles. The van der Waals surface area contributed by atoms with Crippen LogP contribution in [0.2, 0.25) is 0 Å². The number of rotatable bonds is 3. The van der Waals surface area contributed by atoms with Crippen molar-refractivity contribution in [2.24, 2.45) is 5.73 Å². The highest BCUT2D eigenvalue weighted by Gasteiger charge is 2.23. The van der Waals surface area contributed by atoms with Crippen LogP contribution in [0.3, 0.4) is 0 Å². The number of imide groups is 1. The van der Waals surface area contributed by atoms with E-state index in [0.29, 0.717) is 19.7 Å². The number of primary amides is 1. The van der Waals surface area contributed by atoms with Gasteiger partial charge in [0, 0.05) is 13.1 Å². The third kappa shape index (κ3) is 4.04. The Hall–Kier alpha value is -1.92. The fraction of sp³-hybridized carbons (Fsp3) is 0.385. The number of hydrogen-bond donors (Lipinski definition) is 2. The van der Waals surface area contributed by atoms with E-state index in [-0.39, 0.29) is 18.6 Å². The number of nitrogens with one attached hydrogen (secondary N) is 1. The van der Waals surface area contributed by atoms with Gasteiger partial charge in [-0.3, -0.25) is 15.0 Å². The van der Waals surface area contributed by atoms with Crippen LogP contribution in [-0.4, -0.2) is 43.1 Å². The molecule has 0 spiro atoms. The molecule has 0 unspecified atom stereocenters. The fourth-order valence-electron chi connectivity index (χ4n) is 2.10. The molecule has 1 aliphatic heterocycles. The molecule has 1 heterocycles. The van der Waals surface area contributed by atoms with Gasteiger partial charge in [-0.25, -0.2) is 4.79 Å². The van der Waals surface area contributed by atoms with Crippen LogP contribution in [-0.2, 0) is 9.53 Å². The van der Waals surface area contributed by atoms with Gasteiger partial charge in [0.15, 0.2) is 0 Å². The quantitative estimate of drug-likeness (QED) is 0.819. The lowest BCUT2D eigenvalue weighted by atomic mass is 10.1. The lowest BCUT2D eigenvalue weighted by Gasteiger charge is -2.32. The molecule has 0 radical (unpaired) electrons. The number of benzene rings is 1. The van der Waals surface area contributed by atoms with Crippen molar-refractivity contribution in [2.75, 3.05) is 26.2 Å². The summed E-state index contributed by atoms with van der Waals surface area (Å²) >= 11 is 0. The van der Waals surface area contributed by atoms with E-state index in [1.807, 2.05) is 35.2 Å². The third-order valence-corrected chi connectivity index (χ3v) is 2.95. The van der Waals surface area contributed by atoms with Gasteiger partial charge < -0.3 is 10.5 Å². The summed E-state index contributed by atoms with van der Waals surface area (Å²) in [6.07, 6.45) is -0.0451. The molecule has 6 heteroatoms. The van der Waals surface area contributed by atoms with Gasteiger partial charge in [-0.05, 0) is 5.56 Å². The molecular formula is C13H17N3O3. The zero-order valence-corrected chi connectivity index (χ0v) is 10.5. The number of ether oxygens (including phenoxy) is 1. The van der Waals surface area contributed by atoms with Crippen molar-refractivity contribution in [3.8, 4) is 0 Å². The second kappa shape index (κ2) is 6.31. The van der Waals surface area contributed by atoms with Crippen molar-refractivity contribution >= 4 is 11.9 Å². The van der Waals surface area contributed by atoms with Crippen molar-refractivity contribution in [1.29, 1.82) is 0 Å². The van der Waals surface area contributed by atoms with Crippen molar-refractivity contribution in [2.45, 2.75) is 6.10 Å². The van der Waals surface area contributed by atoms with Gasteiger partial charge in [0.05, 0.1) is 19.3 Å². The number of urea groups is 1. The van der Waals surface area contributed by atoms with Crippen LogP contribution in [0, 0.1) is 0 Å². The molecule has 3 amide bonds. The average Bonchev–Trinajstić information content (AvgIpc) is 2.39. The summed E-state index contributed by atoms with van der Waals surface area (Å²) in [5, 5.41) is 2.06. The molecule has 1 saturated heterocycles. The Kier molecular flexibility index (Phi) is 4.48. The Labute approximate surface area is 111 Å². The number of amides is 3. The fourth-order valence-corrected chi connectivity index (χ4v) is 2.10. The van der Waals surface area contributed by atoms with E-state index >= 15 is 0 Å². The lowest BCUT2D eigenvalue weighted by Crippen LogP contribution is -2.46. The van der Waals surface area contributed by atoms with Crippen LogP contribution < -0.4 is 11.1 Å². The van der Waals surface area contributed by atoms with Crippen molar-refractivity contribution < 1.29 is 14.3 Å². The molecule has 0 aliphatic carbocycles. The van der Waals surface area contributed by atoms with E-state index in [1.165, 1.54) is 0 Å². The van der Waals surface area contributed by atoms with Gasteiger partial charge in [-0.15, -0.1) is 0 Å². The van der Waals surface area contributed by atoms with Crippen LogP contribution in [0.1, 0.15) is 11.7 Å². The van der Waals surface area contributed by atoms with Crippen LogP contribution >= 0.6 is 0 Å². The number of morpholine rings is 1. The largest absolute Gasteiger partial charge is 0.371 e. The van der Waals surface area contributed by atoms with Gasteiger partial charge in [-0.2, -0.15) is 0 Å². The van der Waals surface area contributed by atoms with Gasteiger partial charge >= 0.3 is 6.03 Å². The molecule has 0 bridgehead atoms. The first kappa shape index (κ1) is 13.5. The second-order valence-electron chi connectivity index (χ2n) is 4.42. The standard InChI is InChI=1S/C13H17N3O3/c14-13(18)15-12(17)9-16-6-7-19-11(8-16)10-4-2-1-3-5-10/h1-5,11H,6-9H2,(H3,14,15,17,18)/t11-/m0/s1. The molecule has 3 N–H and O–H groups in total. The average molecular weight is 263 g/mol. The molecule has 19 heavy (non-hydrogen) atoms. The van der Waals surface area contributed by atoms with Crippen molar-refractivity contribution in [3.63, 3.8) is 0 Å². The molecule has 0 aromatic heterocycles. The highest BCUT2D eigenvalue weighted by molar-refractivity contribution is 5.94. The first-order valence-electron chi connectivity index (χ1n) is 6.13. The normalized spacial score (nSPS) is 19.9. The highest BCUT2D eigenvalue weighted by atomic mass is 16.5. The van der Waals surface area contributed by atoms with Crippen LogP contribution in [0.15, 0.2) is 30.3 Å². The van der Waals surface area contributed by atoms with Crippen molar-refractivity contribution in [3.05, 3.63) is 35.9 Å². The van der Waals surface area contributed by atoms with E-state index in [4.69, 9.17) is 10.5 Å². The minimum Gasteiger partial charge on any atom is -0.371 e. The summed E-state index contributed by atoms with van der Waals surface area (Å²) in [6, 6.07) is 9.03. The van der Waals surface area contributed by atoms with E-state index in [2.05, 4.69) is 5.32 Å². The molecule has 1 aliphatic rings. The van der Waals surface area contributed by atoms with Gasteiger partial charge in [0.2, 0.25) is 5.91 Å². The Morgan fingerprint density at radius 1 is 1.37 bits per heavy atom. The molecule has 2 rings (SSSR count). The summed E-state index contributed by atoms with van der Waals surface area (Å²) in [7, 11) is 0. The number of carbonyl (C=O) groups is 2.